The van der Waals surface area contributed by atoms with Crippen LogP contribution in [0.3, 0.4) is 0 Å². The van der Waals surface area contributed by atoms with E-state index in [1.807, 2.05) is 39.0 Å². The molecule has 0 radical (unpaired) electrons. The monoisotopic (exact) mass is 400 g/mol. The fraction of sp³-hybridized carbons (Fsp3) is 0.391. The van der Waals surface area contributed by atoms with Crippen molar-refractivity contribution in [3.8, 4) is 5.75 Å². The van der Waals surface area contributed by atoms with Gasteiger partial charge in [-0.05, 0) is 62.1 Å². The Morgan fingerprint density at radius 2 is 1.83 bits per heavy atom. The lowest BCUT2D eigenvalue weighted by Gasteiger charge is -2.29. The van der Waals surface area contributed by atoms with Crippen molar-refractivity contribution in [1.82, 2.24) is 10.2 Å². The maximum absolute atomic E-state index is 13.2. The number of nitrogens with zero attached hydrogens (tertiary/aromatic N) is 1. The van der Waals surface area contributed by atoms with Crippen LogP contribution < -0.4 is 10.1 Å². The molecule has 0 bridgehead atoms. The Morgan fingerprint density at radius 1 is 1.14 bits per heavy atom. The third kappa shape index (κ3) is 6.59. The summed E-state index contributed by atoms with van der Waals surface area (Å²) in [6, 6.07) is 11.0. The highest BCUT2D eigenvalue weighted by Crippen LogP contribution is 2.19. The zero-order chi connectivity index (χ0) is 21.4. The predicted octanol–water partition coefficient (Wildman–Crippen LogP) is 3.76. The molecule has 29 heavy (non-hydrogen) atoms. The molecule has 1 N–H and O–H groups in total. The zero-order valence-electron chi connectivity index (χ0n) is 17.5. The number of hydrogen-bond donors (Lipinski definition) is 1. The van der Waals surface area contributed by atoms with Crippen molar-refractivity contribution in [2.75, 3.05) is 13.2 Å². The van der Waals surface area contributed by atoms with E-state index in [-0.39, 0.29) is 30.8 Å². The van der Waals surface area contributed by atoms with E-state index in [2.05, 4.69) is 5.32 Å². The summed E-state index contributed by atoms with van der Waals surface area (Å²) < 4.78 is 19.0. The molecule has 156 valence electrons. The lowest BCUT2D eigenvalue weighted by molar-refractivity contribution is -0.142. The van der Waals surface area contributed by atoms with Gasteiger partial charge in [0.05, 0.1) is 0 Å². The number of carbonyl (C=O) groups excluding carboxylic acids is 2. The number of ether oxygens (including phenoxy) is 1. The topological polar surface area (TPSA) is 58.6 Å². The molecule has 2 amide bonds. The lowest BCUT2D eigenvalue weighted by atomic mass is 10.1. The second-order valence-electron chi connectivity index (χ2n) is 7.17. The molecule has 6 heteroatoms. The van der Waals surface area contributed by atoms with Gasteiger partial charge >= 0.3 is 0 Å². The summed E-state index contributed by atoms with van der Waals surface area (Å²) in [4.78, 5) is 26.9. The van der Waals surface area contributed by atoms with Crippen LogP contribution in [0.25, 0.3) is 0 Å². The Kier molecular flexibility index (Phi) is 8.19. The minimum atomic E-state index is -0.679. The van der Waals surface area contributed by atoms with Gasteiger partial charge in [0.2, 0.25) is 5.91 Å². The number of aryl methyl sites for hydroxylation is 2. The Hall–Kier alpha value is -2.89. The van der Waals surface area contributed by atoms with Crippen molar-refractivity contribution in [1.29, 1.82) is 0 Å². The van der Waals surface area contributed by atoms with Crippen LogP contribution in [0, 0.1) is 19.7 Å². The number of hydrogen-bond acceptors (Lipinski definition) is 3. The van der Waals surface area contributed by atoms with Gasteiger partial charge in [0, 0.05) is 13.1 Å². The molecule has 2 aromatic rings. The van der Waals surface area contributed by atoms with Crippen molar-refractivity contribution in [2.24, 2.45) is 0 Å². The first-order chi connectivity index (χ1) is 13.8. The normalized spacial score (nSPS) is 11.6. The van der Waals surface area contributed by atoms with E-state index in [0.29, 0.717) is 12.3 Å². The summed E-state index contributed by atoms with van der Waals surface area (Å²) in [5.41, 5.74) is 2.71. The van der Waals surface area contributed by atoms with E-state index in [4.69, 9.17) is 4.74 Å². The Morgan fingerprint density at radius 3 is 2.48 bits per heavy atom. The molecule has 0 unspecified atom stereocenters. The van der Waals surface area contributed by atoms with Crippen molar-refractivity contribution in [3.05, 3.63) is 65.0 Å². The summed E-state index contributed by atoms with van der Waals surface area (Å²) in [5.74, 6) is -0.245. The first-order valence-corrected chi connectivity index (χ1v) is 9.83. The van der Waals surface area contributed by atoms with Gasteiger partial charge in [0.25, 0.3) is 5.91 Å². The number of halogens is 1. The maximum Gasteiger partial charge on any atom is 0.261 e. The van der Waals surface area contributed by atoms with Crippen LogP contribution in [-0.2, 0) is 16.1 Å². The summed E-state index contributed by atoms with van der Waals surface area (Å²) in [6.07, 6.45) is 0.806. The molecule has 2 aromatic carbocycles. The average molecular weight is 400 g/mol. The predicted molar refractivity (Wildman–Crippen MR) is 111 cm³/mol. The second kappa shape index (κ2) is 10.6. The van der Waals surface area contributed by atoms with Gasteiger partial charge in [-0.1, -0.05) is 31.2 Å². The van der Waals surface area contributed by atoms with Gasteiger partial charge in [-0.15, -0.1) is 0 Å². The minimum Gasteiger partial charge on any atom is -0.483 e. The minimum absolute atomic E-state index is 0.184. The number of benzene rings is 2. The fourth-order valence-electron chi connectivity index (χ4n) is 2.85. The van der Waals surface area contributed by atoms with Gasteiger partial charge in [0.15, 0.2) is 6.61 Å². The van der Waals surface area contributed by atoms with Crippen LogP contribution in [0.1, 0.15) is 37.0 Å². The summed E-state index contributed by atoms with van der Waals surface area (Å²) in [7, 11) is 0. The highest BCUT2D eigenvalue weighted by molar-refractivity contribution is 5.87. The van der Waals surface area contributed by atoms with Gasteiger partial charge in [-0.25, -0.2) is 4.39 Å². The summed E-state index contributed by atoms with van der Waals surface area (Å²) >= 11 is 0. The van der Waals surface area contributed by atoms with Crippen LogP contribution in [0.2, 0.25) is 0 Å². The van der Waals surface area contributed by atoms with E-state index in [1.54, 1.807) is 19.1 Å². The van der Waals surface area contributed by atoms with Crippen LogP contribution in [0.4, 0.5) is 4.39 Å². The van der Waals surface area contributed by atoms with Crippen molar-refractivity contribution < 1.29 is 18.7 Å². The number of carbonyl (C=O) groups is 2. The van der Waals surface area contributed by atoms with E-state index >= 15 is 0 Å². The SMILES string of the molecule is CCCNC(=O)[C@@H](C)N(Cc1ccc(F)cc1)C(=O)COc1cc(C)ccc1C. The van der Waals surface area contributed by atoms with Crippen LogP contribution in [0.15, 0.2) is 42.5 Å². The van der Waals surface area contributed by atoms with E-state index in [1.165, 1.54) is 17.0 Å². The van der Waals surface area contributed by atoms with Gasteiger partial charge < -0.3 is 15.0 Å². The molecule has 0 fully saturated rings. The zero-order valence-corrected chi connectivity index (χ0v) is 17.5. The largest absolute Gasteiger partial charge is 0.483 e. The van der Waals surface area contributed by atoms with E-state index in [0.717, 1.165) is 23.1 Å². The molecule has 0 saturated carbocycles. The standard InChI is InChI=1S/C23H29FN2O3/c1-5-12-25-23(28)18(4)26(14-19-8-10-20(24)11-9-19)22(27)15-29-21-13-16(2)6-7-17(21)3/h6-11,13,18H,5,12,14-15H2,1-4H3,(H,25,28)/t18-/m1/s1. The summed E-state index contributed by atoms with van der Waals surface area (Å²) in [6.45, 7) is 8.06. The lowest BCUT2D eigenvalue weighted by Crippen LogP contribution is -2.49. The maximum atomic E-state index is 13.2. The molecule has 0 saturated heterocycles. The number of rotatable bonds is 9. The molecule has 0 aliphatic carbocycles. The molecule has 0 heterocycles. The van der Waals surface area contributed by atoms with E-state index in [9.17, 15) is 14.0 Å². The molecule has 0 aromatic heterocycles. The Bertz CT molecular complexity index is 837. The van der Waals surface area contributed by atoms with Crippen molar-refractivity contribution in [2.45, 2.75) is 46.7 Å². The third-order valence-corrected chi connectivity index (χ3v) is 4.68. The van der Waals surface area contributed by atoms with Gasteiger partial charge in [-0.3, -0.25) is 9.59 Å². The second-order valence-corrected chi connectivity index (χ2v) is 7.17. The molecule has 1 atom stereocenters. The van der Waals surface area contributed by atoms with Gasteiger partial charge in [0.1, 0.15) is 17.6 Å². The highest BCUT2D eigenvalue weighted by Gasteiger charge is 2.26. The number of nitrogens with one attached hydrogen (secondary N) is 1. The van der Waals surface area contributed by atoms with Crippen molar-refractivity contribution >= 4 is 11.8 Å². The van der Waals surface area contributed by atoms with Crippen LogP contribution in [0.5, 0.6) is 5.75 Å². The first-order valence-electron chi connectivity index (χ1n) is 9.83. The highest BCUT2D eigenvalue weighted by atomic mass is 19.1. The van der Waals surface area contributed by atoms with Crippen LogP contribution in [-0.4, -0.2) is 35.9 Å². The molecule has 0 spiro atoms. The fourth-order valence-corrected chi connectivity index (χ4v) is 2.85. The molecular formula is C23H29FN2O3. The Labute approximate surface area is 171 Å². The van der Waals surface area contributed by atoms with Crippen LogP contribution >= 0.6 is 0 Å². The molecule has 0 aliphatic heterocycles. The van der Waals surface area contributed by atoms with Crippen molar-refractivity contribution in [3.63, 3.8) is 0 Å². The first kappa shape index (κ1) is 22.4. The molecular weight excluding hydrogens is 371 g/mol. The molecule has 2 rings (SSSR count). The van der Waals surface area contributed by atoms with E-state index < -0.39 is 6.04 Å². The number of amides is 2. The van der Waals surface area contributed by atoms with Gasteiger partial charge in [-0.2, -0.15) is 0 Å². The smallest absolute Gasteiger partial charge is 0.261 e. The summed E-state index contributed by atoms with van der Waals surface area (Å²) in [5, 5.41) is 2.82. The Balaban J connectivity index is 2.15. The third-order valence-electron chi connectivity index (χ3n) is 4.68. The molecule has 0 aliphatic rings. The molecule has 5 nitrogen and oxygen atoms in total. The average Bonchev–Trinajstić information content (AvgIpc) is 2.71. The quantitative estimate of drug-likeness (QED) is 0.697.